The van der Waals surface area contributed by atoms with Gasteiger partial charge in [0.05, 0.1) is 20.3 Å². The third kappa shape index (κ3) is 2.98. The summed E-state index contributed by atoms with van der Waals surface area (Å²) in [6.45, 7) is 3.84. The van der Waals surface area contributed by atoms with E-state index in [0.717, 1.165) is 17.4 Å². The molecule has 1 aromatic heterocycles. The molecule has 0 saturated heterocycles. The summed E-state index contributed by atoms with van der Waals surface area (Å²) >= 11 is 0. The van der Waals surface area contributed by atoms with Crippen LogP contribution in [0.15, 0.2) is 22.8 Å². The Morgan fingerprint density at radius 1 is 1.36 bits per heavy atom. The minimum atomic E-state index is -1.13. The van der Waals surface area contributed by atoms with Gasteiger partial charge in [0.2, 0.25) is 0 Å². The summed E-state index contributed by atoms with van der Waals surface area (Å²) in [6.07, 6.45) is 1.10. The molecule has 0 saturated carbocycles. The van der Waals surface area contributed by atoms with Crippen LogP contribution in [-0.2, 0) is 0 Å². The summed E-state index contributed by atoms with van der Waals surface area (Å²) in [5.41, 5.74) is 1.75. The number of benzene rings is 1. The molecule has 0 aliphatic rings. The molecule has 1 atom stereocenters. The van der Waals surface area contributed by atoms with Crippen molar-refractivity contribution in [3.63, 3.8) is 0 Å². The van der Waals surface area contributed by atoms with Gasteiger partial charge in [-0.15, -0.1) is 0 Å². The highest BCUT2D eigenvalue weighted by Crippen LogP contribution is 2.35. The molecule has 2 N–H and O–H groups in total. The molecule has 0 spiro atoms. The SMILES string of the molecule is COc1ccc(C(C)Nc2nc(C(=O)O)co2)c(C)c1OC. The molecule has 0 amide bonds. The number of nitrogens with zero attached hydrogens (tertiary/aromatic N) is 1. The molecule has 7 heteroatoms. The van der Waals surface area contributed by atoms with Crippen LogP contribution in [0.2, 0.25) is 0 Å². The number of carboxylic acid groups (broad SMARTS) is 1. The highest BCUT2D eigenvalue weighted by molar-refractivity contribution is 5.85. The van der Waals surface area contributed by atoms with Crippen molar-refractivity contribution in [2.75, 3.05) is 19.5 Å². The van der Waals surface area contributed by atoms with Gasteiger partial charge >= 0.3 is 5.97 Å². The van der Waals surface area contributed by atoms with Gasteiger partial charge in [-0.1, -0.05) is 6.07 Å². The van der Waals surface area contributed by atoms with E-state index in [1.165, 1.54) is 0 Å². The average Bonchev–Trinajstić information content (AvgIpc) is 2.95. The van der Waals surface area contributed by atoms with E-state index in [4.69, 9.17) is 19.0 Å². The Bertz CT molecular complexity index is 681. The number of aromatic nitrogens is 1. The highest BCUT2D eigenvalue weighted by Gasteiger charge is 2.18. The Kier molecular flexibility index (Phi) is 4.55. The lowest BCUT2D eigenvalue weighted by molar-refractivity contribution is 0.0690. The first-order valence-electron chi connectivity index (χ1n) is 6.64. The van der Waals surface area contributed by atoms with Gasteiger partial charge in [-0.2, -0.15) is 4.98 Å². The number of carboxylic acids is 1. The molecule has 22 heavy (non-hydrogen) atoms. The van der Waals surface area contributed by atoms with E-state index < -0.39 is 5.97 Å². The lowest BCUT2D eigenvalue weighted by Gasteiger charge is -2.19. The summed E-state index contributed by atoms with van der Waals surface area (Å²) in [5, 5.41) is 11.9. The Balaban J connectivity index is 2.25. The smallest absolute Gasteiger partial charge is 0.357 e. The maximum absolute atomic E-state index is 10.8. The molecule has 0 aliphatic carbocycles. The second-order valence-corrected chi connectivity index (χ2v) is 4.72. The van der Waals surface area contributed by atoms with Crippen LogP contribution in [0.5, 0.6) is 11.5 Å². The minimum Gasteiger partial charge on any atom is -0.493 e. The third-order valence-electron chi connectivity index (χ3n) is 3.37. The van der Waals surface area contributed by atoms with Gasteiger partial charge in [0.25, 0.3) is 6.01 Å². The first-order chi connectivity index (χ1) is 10.5. The van der Waals surface area contributed by atoms with Crippen molar-refractivity contribution in [3.8, 4) is 11.5 Å². The van der Waals surface area contributed by atoms with Crippen molar-refractivity contribution >= 4 is 12.0 Å². The van der Waals surface area contributed by atoms with E-state index >= 15 is 0 Å². The maximum atomic E-state index is 10.8. The molecule has 7 nitrogen and oxygen atoms in total. The van der Waals surface area contributed by atoms with Gasteiger partial charge < -0.3 is 24.3 Å². The van der Waals surface area contributed by atoms with Crippen LogP contribution in [0, 0.1) is 6.92 Å². The normalized spacial score (nSPS) is 11.8. The zero-order chi connectivity index (χ0) is 16.3. The molecule has 0 bridgehead atoms. The van der Waals surface area contributed by atoms with Gasteiger partial charge in [0.15, 0.2) is 17.2 Å². The zero-order valence-electron chi connectivity index (χ0n) is 12.8. The van der Waals surface area contributed by atoms with Crippen LogP contribution in [0.25, 0.3) is 0 Å². The van der Waals surface area contributed by atoms with Crippen LogP contribution in [0.3, 0.4) is 0 Å². The number of methoxy groups -OCH3 is 2. The summed E-state index contributed by atoms with van der Waals surface area (Å²) in [4.78, 5) is 14.6. The molecule has 0 fully saturated rings. The number of oxazole rings is 1. The largest absolute Gasteiger partial charge is 0.493 e. The monoisotopic (exact) mass is 306 g/mol. The fraction of sp³-hybridized carbons (Fsp3) is 0.333. The summed E-state index contributed by atoms with van der Waals surface area (Å²) in [6, 6.07) is 3.73. The van der Waals surface area contributed by atoms with Crippen LogP contribution in [0.4, 0.5) is 6.01 Å². The van der Waals surface area contributed by atoms with Gasteiger partial charge in [-0.3, -0.25) is 0 Å². The van der Waals surface area contributed by atoms with Crippen LogP contribution in [-0.4, -0.2) is 30.3 Å². The third-order valence-corrected chi connectivity index (χ3v) is 3.37. The van der Waals surface area contributed by atoms with Crippen molar-refractivity contribution in [1.29, 1.82) is 0 Å². The van der Waals surface area contributed by atoms with E-state index in [0.29, 0.717) is 11.5 Å². The number of anilines is 1. The molecule has 118 valence electrons. The summed E-state index contributed by atoms with van der Waals surface area (Å²) in [7, 11) is 3.17. The molecule has 2 aromatic rings. The number of hydrogen-bond donors (Lipinski definition) is 2. The van der Waals surface area contributed by atoms with Crippen molar-refractivity contribution < 1.29 is 23.8 Å². The van der Waals surface area contributed by atoms with Gasteiger partial charge in [-0.05, 0) is 25.5 Å². The zero-order valence-corrected chi connectivity index (χ0v) is 12.8. The minimum absolute atomic E-state index is 0.140. The number of ether oxygens (including phenoxy) is 2. The van der Waals surface area contributed by atoms with E-state index in [-0.39, 0.29) is 17.8 Å². The second kappa shape index (κ2) is 6.38. The van der Waals surface area contributed by atoms with E-state index in [1.807, 2.05) is 26.0 Å². The quantitative estimate of drug-likeness (QED) is 0.847. The Hall–Kier alpha value is -2.70. The predicted molar refractivity (Wildman–Crippen MR) is 79.8 cm³/mol. The molecule has 1 aromatic carbocycles. The molecule has 1 heterocycles. The van der Waals surface area contributed by atoms with Crippen molar-refractivity contribution in [1.82, 2.24) is 4.98 Å². The predicted octanol–water partition coefficient (Wildman–Crippen LogP) is 2.87. The Labute approximate surface area is 127 Å². The molecule has 1 unspecified atom stereocenters. The summed E-state index contributed by atoms with van der Waals surface area (Å²) in [5.74, 6) is 0.180. The van der Waals surface area contributed by atoms with Gasteiger partial charge in [-0.25, -0.2) is 4.79 Å². The molecule has 2 rings (SSSR count). The van der Waals surface area contributed by atoms with Crippen LogP contribution < -0.4 is 14.8 Å². The molecule has 0 aliphatic heterocycles. The van der Waals surface area contributed by atoms with E-state index in [1.54, 1.807) is 14.2 Å². The van der Waals surface area contributed by atoms with E-state index in [2.05, 4.69) is 10.3 Å². The number of hydrogen-bond acceptors (Lipinski definition) is 6. The van der Waals surface area contributed by atoms with Crippen LogP contribution in [0.1, 0.15) is 34.6 Å². The van der Waals surface area contributed by atoms with Gasteiger partial charge in [0, 0.05) is 5.56 Å². The number of nitrogens with one attached hydrogen (secondary N) is 1. The number of rotatable bonds is 6. The lowest BCUT2D eigenvalue weighted by atomic mass is 10.0. The highest BCUT2D eigenvalue weighted by atomic mass is 16.5. The van der Waals surface area contributed by atoms with Crippen molar-refractivity contribution in [2.45, 2.75) is 19.9 Å². The number of carbonyl (C=O) groups is 1. The topological polar surface area (TPSA) is 93.8 Å². The summed E-state index contributed by atoms with van der Waals surface area (Å²) < 4.78 is 15.7. The first kappa shape index (κ1) is 15.7. The maximum Gasteiger partial charge on any atom is 0.357 e. The molecule has 0 radical (unpaired) electrons. The number of aromatic carboxylic acids is 1. The van der Waals surface area contributed by atoms with Crippen molar-refractivity contribution in [3.05, 3.63) is 35.2 Å². The van der Waals surface area contributed by atoms with Gasteiger partial charge in [0.1, 0.15) is 6.26 Å². The van der Waals surface area contributed by atoms with Crippen LogP contribution >= 0.6 is 0 Å². The second-order valence-electron chi connectivity index (χ2n) is 4.72. The van der Waals surface area contributed by atoms with E-state index in [9.17, 15) is 4.79 Å². The lowest BCUT2D eigenvalue weighted by Crippen LogP contribution is -2.10. The first-order valence-corrected chi connectivity index (χ1v) is 6.64. The average molecular weight is 306 g/mol. The fourth-order valence-electron chi connectivity index (χ4n) is 2.27. The molecular formula is C15H18N2O5. The fourth-order valence-corrected chi connectivity index (χ4v) is 2.27. The Morgan fingerprint density at radius 3 is 2.64 bits per heavy atom. The standard InChI is InChI=1S/C15H18N2O5/c1-8-10(5-6-12(20-3)13(8)21-4)9(2)16-15-17-11(7-22-15)14(18)19/h5-7,9H,1-4H3,(H,16,17)(H,18,19). The Morgan fingerprint density at radius 2 is 2.09 bits per heavy atom. The van der Waals surface area contributed by atoms with Crippen molar-refractivity contribution in [2.24, 2.45) is 0 Å². The molecular weight excluding hydrogens is 288 g/mol.